The summed E-state index contributed by atoms with van der Waals surface area (Å²) >= 11 is 0. The van der Waals surface area contributed by atoms with Gasteiger partial charge >= 0.3 is 5.97 Å². The maximum Gasteiger partial charge on any atom is 0.328 e. The molecule has 0 spiro atoms. The largest absolute Gasteiger partial charge is 0.478 e. The molecule has 0 bridgehead atoms. The number of hydrogen-bond donors (Lipinski definition) is 1. The minimum absolute atomic E-state index is 0.536. The summed E-state index contributed by atoms with van der Waals surface area (Å²) in [6.45, 7) is 5.15. The van der Waals surface area contributed by atoms with Crippen LogP contribution >= 0.6 is 0 Å². The molecule has 1 unspecified atom stereocenters. The summed E-state index contributed by atoms with van der Waals surface area (Å²) < 4.78 is 0. The molecule has 1 aromatic rings. The van der Waals surface area contributed by atoms with E-state index in [9.17, 15) is 4.79 Å². The molecule has 1 aliphatic rings. The second-order valence-electron chi connectivity index (χ2n) is 5.05. The third-order valence-electron chi connectivity index (χ3n) is 3.66. The minimum Gasteiger partial charge on any atom is -0.478 e. The van der Waals surface area contributed by atoms with Gasteiger partial charge in [0, 0.05) is 25.4 Å². The van der Waals surface area contributed by atoms with E-state index in [1.807, 2.05) is 13.0 Å². The number of aliphatic carboxylic acids is 1. The van der Waals surface area contributed by atoms with Crippen molar-refractivity contribution >= 4 is 17.2 Å². The lowest BCUT2D eigenvalue weighted by Gasteiger charge is -2.32. The topological polar surface area (TPSA) is 40.5 Å². The summed E-state index contributed by atoms with van der Waals surface area (Å²) in [4.78, 5) is 13.0. The van der Waals surface area contributed by atoms with Crippen LogP contribution in [0.4, 0.5) is 5.69 Å². The number of hydrogen-bond acceptors (Lipinski definition) is 2. The van der Waals surface area contributed by atoms with Gasteiger partial charge in [0.15, 0.2) is 0 Å². The fourth-order valence-corrected chi connectivity index (χ4v) is 2.47. The third-order valence-corrected chi connectivity index (χ3v) is 3.66. The first-order chi connectivity index (χ1) is 8.49. The van der Waals surface area contributed by atoms with E-state index in [1.54, 1.807) is 0 Å². The predicted molar refractivity (Wildman–Crippen MR) is 74.0 cm³/mol. The van der Waals surface area contributed by atoms with Crippen LogP contribution < -0.4 is 4.90 Å². The number of rotatable bonds is 2. The average molecular weight is 245 g/mol. The van der Waals surface area contributed by atoms with Gasteiger partial charge in [-0.2, -0.15) is 0 Å². The fraction of sp³-hybridized carbons (Fsp3) is 0.400. The lowest BCUT2D eigenvalue weighted by molar-refractivity contribution is -0.131. The molecule has 3 nitrogen and oxygen atoms in total. The number of carboxylic acid groups (broad SMARTS) is 1. The van der Waals surface area contributed by atoms with Gasteiger partial charge in [0.25, 0.3) is 0 Å². The standard InChI is InChI=1S/C15H19NO2/c1-10-6-7-16(3)14-5-4-12(9-13(10)14)11(2)8-15(17)18/h4-5,8-10H,6-7H2,1-3H3,(H,17,18)/b11-8+. The van der Waals surface area contributed by atoms with Gasteiger partial charge in [-0.3, -0.25) is 0 Å². The smallest absolute Gasteiger partial charge is 0.328 e. The Morgan fingerprint density at radius 3 is 2.89 bits per heavy atom. The normalized spacial score (nSPS) is 19.6. The van der Waals surface area contributed by atoms with Crippen LogP contribution in [0.15, 0.2) is 24.3 Å². The van der Waals surface area contributed by atoms with Crippen LogP contribution in [-0.4, -0.2) is 24.7 Å². The molecule has 1 aromatic carbocycles. The lowest BCUT2D eigenvalue weighted by Crippen LogP contribution is -2.26. The molecule has 1 atom stereocenters. The average Bonchev–Trinajstić information content (AvgIpc) is 2.33. The zero-order valence-corrected chi connectivity index (χ0v) is 11.1. The van der Waals surface area contributed by atoms with Gasteiger partial charge in [-0.1, -0.05) is 13.0 Å². The highest BCUT2D eigenvalue weighted by Crippen LogP contribution is 2.35. The van der Waals surface area contributed by atoms with Crippen molar-refractivity contribution in [1.29, 1.82) is 0 Å². The Morgan fingerprint density at radius 1 is 1.50 bits per heavy atom. The maximum atomic E-state index is 10.7. The van der Waals surface area contributed by atoms with Crippen molar-refractivity contribution in [2.45, 2.75) is 26.2 Å². The number of allylic oxidation sites excluding steroid dienone is 1. The fourth-order valence-electron chi connectivity index (χ4n) is 2.47. The summed E-state index contributed by atoms with van der Waals surface area (Å²) in [5.74, 6) is -0.357. The first-order valence-electron chi connectivity index (χ1n) is 6.25. The first kappa shape index (κ1) is 12.7. The molecule has 3 heteroatoms. The molecule has 0 amide bonds. The molecule has 0 saturated heterocycles. The Labute approximate surface area is 108 Å². The van der Waals surface area contributed by atoms with E-state index in [1.165, 1.54) is 17.3 Å². The van der Waals surface area contributed by atoms with Gasteiger partial charge in [0.2, 0.25) is 0 Å². The lowest BCUT2D eigenvalue weighted by atomic mass is 9.89. The molecule has 1 N–H and O–H groups in total. The number of carboxylic acids is 1. The van der Waals surface area contributed by atoms with Gasteiger partial charge in [0.05, 0.1) is 0 Å². The molecule has 18 heavy (non-hydrogen) atoms. The molecule has 96 valence electrons. The predicted octanol–water partition coefficient (Wildman–Crippen LogP) is 3.12. The van der Waals surface area contributed by atoms with Crippen molar-refractivity contribution in [3.05, 3.63) is 35.4 Å². The number of carbonyl (C=O) groups is 1. The molecular weight excluding hydrogens is 226 g/mol. The van der Waals surface area contributed by atoms with Gasteiger partial charge in [-0.05, 0) is 48.1 Å². The second-order valence-corrected chi connectivity index (χ2v) is 5.05. The van der Waals surface area contributed by atoms with Gasteiger partial charge in [0.1, 0.15) is 0 Å². The molecule has 0 radical (unpaired) electrons. The van der Waals surface area contributed by atoms with E-state index >= 15 is 0 Å². The Bertz CT molecular complexity index is 505. The van der Waals surface area contributed by atoms with Crippen LogP contribution in [0.5, 0.6) is 0 Å². The van der Waals surface area contributed by atoms with Crippen molar-refractivity contribution < 1.29 is 9.90 Å². The molecule has 2 rings (SSSR count). The second kappa shape index (κ2) is 4.84. The van der Waals surface area contributed by atoms with Crippen LogP contribution in [0.25, 0.3) is 5.57 Å². The van der Waals surface area contributed by atoms with Crippen LogP contribution in [-0.2, 0) is 4.79 Å². The number of benzene rings is 1. The number of anilines is 1. The molecule has 1 heterocycles. The van der Waals surface area contributed by atoms with Crippen LogP contribution in [0, 0.1) is 0 Å². The SMILES string of the molecule is C/C(=C\C(=O)O)c1ccc2c(c1)C(C)CCN2C. The van der Waals surface area contributed by atoms with Crippen LogP contribution in [0.1, 0.15) is 37.3 Å². The minimum atomic E-state index is -0.893. The zero-order chi connectivity index (χ0) is 13.3. The summed E-state index contributed by atoms with van der Waals surface area (Å²) in [6, 6.07) is 6.23. The van der Waals surface area contributed by atoms with Gasteiger partial charge in [-0.15, -0.1) is 0 Å². The van der Waals surface area contributed by atoms with Crippen molar-refractivity contribution in [2.24, 2.45) is 0 Å². The van der Waals surface area contributed by atoms with Crippen molar-refractivity contribution in [3.63, 3.8) is 0 Å². The zero-order valence-electron chi connectivity index (χ0n) is 11.1. The molecular formula is C15H19NO2. The summed E-state index contributed by atoms with van der Waals surface area (Å²) in [6.07, 6.45) is 2.41. The van der Waals surface area contributed by atoms with E-state index in [0.29, 0.717) is 5.92 Å². The number of fused-ring (bicyclic) bond motifs is 1. The Balaban J connectivity index is 2.43. The summed E-state index contributed by atoms with van der Waals surface area (Å²) in [5, 5.41) is 8.79. The van der Waals surface area contributed by atoms with Gasteiger partial charge < -0.3 is 10.0 Å². The highest BCUT2D eigenvalue weighted by Gasteiger charge is 2.20. The van der Waals surface area contributed by atoms with Crippen molar-refractivity contribution in [3.8, 4) is 0 Å². The summed E-state index contributed by atoms with van der Waals surface area (Å²) in [7, 11) is 2.10. The van der Waals surface area contributed by atoms with E-state index in [4.69, 9.17) is 5.11 Å². The molecule has 0 aromatic heterocycles. The summed E-state index contributed by atoms with van der Waals surface area (Å²) in [5.41, 5.74) is 4.38. The monoisotopic (exact) mass is 245 g/mol. The molecule has 1 aliphatic heterocycles. The highest BCUT2D eigenvalue weighted by molar-refractivity contribution is 5.89. The highest BCUT2D eigenvalue weighted by atomic mass is 16.4. The van der Waals surface area contributed by atoms with E-state index in [0.717, 1.165) is 24.1 Å². The Hall–Kier alpha value is -1.77. The Morgan fingerprint density at radius 2 is 2.22 bits per heavy atom. The van der Waals surface area contributed by atoms with Gasteiger partial charge in [-0.25, -0.2) is 4.79 Å². The van der Waals surface area contributed by atoms with Crippen molar-refractivity contribution in [2.75, 3.05) is 18.5 Å². The molecule has 0 saturated carbocycles. The molecule has 0 fully saturated rings. The van der Waals surface area contributed by atoms with E-state index in [2.05, 4.69) is 31.0 Å². The van der Waals surface area contributed by atoms with Crippen LogP contribution in [0.2, 0.25) is 0 Å². The van der Waals surface area contributed by atoms with E-state index < -0.39 is 5.97 Å². The molecule has 0 aliphatic carbocycles. The maximum absolute atomic E-state index is 10.7. The Kier molecular flexibility index (Phi) is 3.41. The first-order valence-corrected chi connectivity index (χ1v) is 6.25. The van der Waals surface area contributed by atoms with E-state index in [-0.39, 0.29) is 0 Å². The van der Waals surface area contributed by atoms with Crippen LogP contribution in [0.3, 0.4) is 0 Å². The quantitative estimate of drug-likeness (QED) is 0.814. The third kappa shape index (κ3) is 2.40. The number of nitrogens with zero attached hydrogens (tertiary/aromatic N) is 1. The van der Waals surface area contributed by atoms with Crippen molar-refractivity contribution in [1.82, 2.24) is 0 Å².